The van der Waals surface area contributed by atoms with Gasteiger partial charge in [-0.25, -0.2) is 0 Å². The molecule has 0 unspecified atom stereocenters. The zero-order valence-electron chi connectivity index (χ0n) is 46.5. The van der Waals surface area contributed by atoms with Crippen LogP contribution in [0.15, 0.2) is 97.1 Å². The molecule has 5 aliphatic rings. The Morgan fingerprint density at radius 3 is 1.50 bits per heavy atom. The van der Waals surface area contributed by atoms with Crippen molar-refractivity contribution in [2.24, 2.45) is 0 Å². The highest BCUT2D eigenvalue weighted by Crippen LogP contribution is 2.57. The first-order valence-electron chi connectivity index (χ1n) is 26.9. The summed E-state index contributed by atoms with van der Waals surface area (Å²) in [7, 11) is 0. The topological polar surface area (TPSA) is 6.48 Å². The van der Waals surface area contributed by atoms with E-state index in [2.05, 4.69) is 238 Å². The van der Waals surface area contributed by atoms with Crippen molar-refractivity contribution in [2.75, 3.05) is 9.80 Å². The van der Waals surface area contributed by atoms with Crippen LogP contribution in [0.25, 0.3) is 0 Å². The molecule has 2 aliphatic heterocycles. The van der Waals surface area contributed by atoms with Gasteiger partial charge in [-0.3, -0.25) is 0 Å². The van der Waals surface area contributed by atoms with Crippen LogP contribution in [-0.4, -0.2) is 6.71 Å². The molecule has 0 N–H and O–H groups in total. The summed E-state index contributed by atoms with van der Waals surface area (Å²) in [5.74, 6) is 0. The average Bonchev–Trinajstić information content (AvgIpc) is 3.57. The van der Waals surface area contributed by atoms with E-state index in [1.165, 1.54) is 119 Å². The largest absolute Gasteiger partial charge is 0.311 e. The van der Waals surface area contributed by atoms with Gasteiger partial charge in [0.05, 0.1) is 0 Å². The number of aryl methyl sites for hydroxylation is 1. The molecule has 0 atom stereocenters. The number of hydrogen-bond acceptors (Lipinski definition) is 2. The maximum atomic E-state index is 2.77. The summed E-state index contributed by atoms with van der Waals surface area (Å²) in [5, 5.41) is 0. The van der Waals surface area contributed by atoms with E-state index < -0.39 is 0 Å². The van der Waals surface area contributed by atoms with Gasteiger partial charge in [-0.1, -0.05) is 178 Å². The molecular weight excluding hydrogens is 844 g/mol. The fourth-order valence-corrected chi connectivity index (χ4v) is 15.4. The third-order valence-electron chi connectivity index (χ3n) is 19.0. The second kappa shape index (κ2) is 14.6. The lowest BCUT2D eigenvalue weighted by molar-refractivity contribution is 0.330. The van der Waals surface area contributed by atoms with Crippen molar-refractivity contribution < 1.29 is 0 Å². The quantitative estimate of drug-likeness (QED) is 0.162. The van der Waals surface area contributed by atoms with Gasteiger partial charge in [0.2, 0.25) is 0 Å². The standard InChI is InChI=1S/C67H81BN2/c1-40-31-46-48(65(14,15)38-63(46,10)11)36-54(40)70-55-37-49-47(64(12,13)39-66(49,16)17)35-51(55)68-50-32-43(67(18,19)42-23-21-20-22-24-42)25-27-53(50)69(56-33-44(60(3,4)5)34-57(70)59(56)68)52-28-26-45-58(41(52)2)62(8,9)30-29-61(45,6)7/h20-28,31-37H,29-30,38-39H2,1-19H3. The summed E-state index contributed by atoms with van der Waals surface area (Å²) in [6.07, 6.45) is 4.65. The van der Waals surface area contributed by atoms with E-state index in [-0.39, 0.29) is 50.0 Å². The monoisotopic (exact) mass is 925 g/mol. The van der Waals surface area contributed by atoms with Gasteiger partial charge in [0, 0.05) is 39.5 Å². The van der Waals surface area contributed by atoms with Crippen LogP contribution in [0.1, 0.15) is 205 Å². The SMILES string of the molecule is Cc1cc2c(cc1N1c3cc4c(cc3B3c5cc(C(C)(C)c6ccccc6)ccc5N(c5ccc6c(c5C)C(C)(C)CCC6(C)C)c5cc(C(C)(C)C)cc1c53)C(C)(C)CC4(C)C)C(C)(C)CC2(C)C. The predicted molar refractivity (Wildman–Crippen MR) is 304 cm³/mol. The zero-order valence-corrected chi connectivity index (χ0v) is 46.5. The van der Waals surface area contributed by atoms with Crippen molar-refractivity contribution in [3.05, 3.63) is 158 Å². The number of hydrogen-bond donors (Lipinski definition) is 0. The van der Waals surface area contributed by atoms with Gasteiger partial charge < -0.3 is 9.80 Å². The van der Waals surface area contributed by atoms with Crippen LogP contribution < -0.4 is 26.2 Å². The molecule has 0 saturated heterocycles. The van der Waals surface area contributed by atoms with E-state index in [0.29, 0.717) is 0 Å². The molecule has 0 bridgehead atoms. The number of anilines is 6. The molecule has 0 radical (unpaired) electrons. The molecule has 6 aromatic carbocycles. The summed E-state index contributed by atoms with van der Waals surface area (Å²) in [6, 6.07) is 39.6. The third kappa shape index (κ3) is 6.70. The second-order valence-corrected chi connectivity index (χ2v) is 28.5. The maximum Gasteiger partial charge on any atom is 0.252 e. The summed E-state index contributed by atoms with van der Waals surface area (Å²) < 4.78 is 0. The predicted octanol–water partition coefficient (Wildman–Crippen LogP) is 16.3. The van der Waals surface area contributed by atoms with Crippen molar-refractivity contribution in [3.63, 3.8) is 0 Å². The highest BCUT2D eigenvalue weighted by molar-refractivity contribution is 7.00. The number of fused-ring (bicyclic) bond motifs is 7. The molecule has 2 nitrogen and oxygen atoms in total. The minimum atomic E-state index is -0.215. The van der Waals surface area contributed by atoms with Crippen molar-refractivity contribution in [2.45, 2.75) is 201 Å². The minimum absolute atomic E-state index is 0.0197. The van der Waals surface area contributed by atoms with Gasteiger partial charge in [-0.2, -0.15) is 0 Å². The van der Waals surface area contributed by atoms with Gasteiger partial charge >= 0.3 is 0 Å². The van der Waals surface area contributed by atoms with E-state index in [1.54, 1.807) is 5.56 Å². The molecule has 362 valence electrons. The minimum Gasteiger partial charge on any atom is -0.311 e. The second-order valence-electron chi connectivity index (χ2n) is 28.5. The first kappa shape index (κ1) is 47.3. The third-order valence-corrected chi connectivity index (χ3v) is 19.0. The Bertz CT molecular complexity index is 3200. The van der Waals surface area contributed by atoms with E-state index in [4.69, 9.17) is 0 Å². The molecule has 0 aromatic heterocycles. The molecule has 0 fully saturated rings. The van der Waals surface area contributed by atoms with Crippen LogP contribution in [0.3, 0.4) is 0 Å². The normalized spacial score (nSPS) is 20.3. The van der Waals surface area contributed by atoms with Crippen LogP contribution in [0.4, 0.5) is 34.1 Å². The van der Waals surface area contributed by atoms with Crippen LogP contribution in [0.5, 0.6) is 0 Å². The summed E-state index contributed by atoms with van der Waals surface area (Å²) in [5.41, 5.74) is 28.2. The zero-order chi connectivity index (χ0) is 50.4. The molecule has 0 saturated carbocycles. The average molecular weight is 925 g/mol. The van der Waals surface area contributed by atoms with Crippen molar-refractivity contribution in [1.82, 2.24) is 0 Å². The molecule has 3 aliphatic carbocycles. The fourth-order valence-electron chi connectivity index (χ4n) is 15.4. The lowest BCUT2D eigenvalue weighted by Crippen LogP contribution is -2.62. The van der Waals surface area contributed by atoms with Crippen LogP contribution >= 0.6 is 0 Å². The lowest BCUT2D eigenvalue weighted by atomic mass is 9.33. The molecule has 11 rings (SSSR count). The Hall–Kier alpha value is -5.02. The first-order valence-corrected chi connectivity index (χ1v) is 26.9. The van der Waals surface area contributed by atoms with Gasteiger partial charge in [-0.15, -0.1) is 0 Å². The molecule has 2 heterocycles. The number of benzene rings is 6. The van der Waals surface area contributed by atoms with Gasteiger partial charge in [0.15, 0.2) is 0 Å². The lowest BCUT2D eigenvalue weighted by Gasteiger charge is -2.47. The maximum absolute atomic E-state index is 2.77. The summed E-state index contributed by atoms with van der Waals surface area (Å²) in [6.45, 7) is 46.7. The Labute approximate surface area is 423 Å². The Morgan fingerprint density at radius 2 is 0.914 bits per heavy atom. The van der Waals surface area contributed by atoms with Crippen molar-refractivity contribution >= 4 is 57.2 Å². The van der Waals surface area contributed by atoms with Crippen LogP contribution in [0, 0.1) is 13.8 Å². The molecule has 70 heavy (non-hydrogen) atoms. The first-order chi connectivity index (χ1) is 32.4. The Morgan fingerprint density at radius 1 is 0.414 bits per heavy atom. The van der Waals surface area contributed by atoms with E-state index >= 15 is 0 Å². The molecule has 6 aromatic rings. The van der Waals surface area contributed by atoms with Crippen LogP contribution in [-0.2, 0) is 43.3 Å². The van der Waals surface area contributed by atoms with E-state index in [1.807, 2.05) is 0 Å². The van der Waals surface area contributed by atoms with E-state index in [0.717, 1.165) is 12.8 Å². The number of rotatable bonds is 4. The summed E-state index contributed by atoms with van der Waals surface area (Å²) >= 11 is 0. The van der Waals surface area contributed by atoms with Gasteiger partial charge in [0.1, 0.15) is 0 Å². The molecular formula is C67H81BN2. The van der Waals surface area contributed by atoms with E-state index in [9.17, 15) is 0 Å². The van der Waals surface area contributed by atoms with Crippen molar-refractivity contribution in [1.29, 1.82) is 0 Å². The smallest absolute Gasteiger partial charge is 0.252 e. The van der Waals surface area contributed by atoms with Crippen molar-refractivity contribution in [3.8, 4) is 0 Å². The van der Waals surface area contributed by atoms with Gasteiger partial charge in [0.25, 0.3) is 6.71 Å². The highest BCUT2D eigenvalue weighted by Gasteiger charge is 2.50. The molecule has 0 amide bonds. The molecule has 3 heteroatoms. The fraction of sp³-hybridized carbons (Fsp3) is 0.463. The van der Waals surface area contributed by atoms with Gasteiger partial charge in [-0.05, 0) is 191 Å². The molecule has 0 spiro atoms. The number of nitrogens with zero attached hydrogens (tertiary/aromatic N) is 2. The Balaban J connectivity index is 1.30. The summed E-state index contributed by atoms with van der Waals surface area (Å²) in [4.78, 5) is 5.50. The van der Waals surface area contributed by atoms with Crippen LogP contribution in [0.2, 0.25) is 0 Å². The highest BCUT2D eigenvalue weighted by atomic mass is 15.2. The Kier molecular flexibility index (Phi) is 9.85.